The number of carbonyl (C=O) groups excluding carboxylic acids is 2. The first-order valence-corrected chi connectivity index (χ1v) is 10.2. The molecule has 7 nitrogen and oxygen atoms in total. The highest BCUT2D eigenvalue weighted by Crippen LogP contribution is 2.38. The van der Waals surface area contributed by atoms with Gasteiger partial charge in [-0.1, -0.05) is 17.7 Å². The summed E-state index contributed by atoms with van der Waals surface area (Å²) in [6.07, 6.45) is 1.61. The number of likely N-dealkylation sites (tertiary alicyclic amines) is 1. The number of ketones is 1. The molecular formula is C22H22ClN3O4. The minimum absolute atomic E-state index is 0.0444. The Labute approximate surface area is 179 Å². The maximum atomic E-state index is 12.9. The SMILES string of the molecule is O=C1C(=O)N(CCN2CCOCC2)[C@H](c2ccccn2)/C1=C(\O)c1ccc(Cl)cc1. The normalized spacial score (nSPS) is 21.9. The molecule has 1 atom stereocenters. The van der Waals surface area contributed by atoms with E-state index in [0.717, 1.165) is 13.1 Å². The molecule has 1 amide bonds. The van der Waals surface area contributed by atoms with Crippen LogP contribution in [0.1, 0.15) is 17.3 Å². The molecule has 1 aromatic carbocycles. The number of aliphatic hydroxyl groups excluding tert-OH is 1. The number of hydrogen-bond donors (Lipinski definition) is 1. The fraction of sp³-hybridized carbons (Fsp3) is 0.318. The molecule has 8 heteroatoms. The van der Waals surface area contributed by atoms with E-state index in [-0.39, 0.29) is 11.3 Å². The fourth-order valence-corrected chi connectivity index (χ4v) is 3.92. The number of hydrogen-bond acceptors (Lipinski definition) is 6. The van der Waals surface area contributed by atoms with Crippen LogP contribution >= 0.6 is 11.6 Å². The summed E-state index contributed by atoms with van der Waals surface area (Å²) in [5, 5.41) is 11.5. The van der Waals surface area contributed by atoms with Gasteiger partial charge in [-0.25, -0.2) is 0 Å². The van der Waals surface area contributed by atoms with Crippen molar-refractivity contribution in [2.75, 3.05) is 39.4 Å². The number of carbonyl (C=O) groups is 2. The van der Waals surface area contributed by atoms with E-state index in [9.17, 15) is 14.7 Å². The molecule has 0 aliphatic carbocycles. The summed E-state index contributed by atoms with van der Waals surface area (Å²) in [5.74, 6) is -1.57. The lowest BCUT2D eigenvalue weighted by atomic mass is 9.98. The van der Waals surface area contributed by atoms with Crippen molar-refractivity contribution in [1.82, 2.24) is 14.8 Å². The maximum absolute atomic E-state index is 12.9. The van der Waals surface area contributed by atoms with Gasteiger partial charge in [0, 0.05) is 43.0 Å². The average Bonchev–Trinajstić information content (AvgIpc) is 3.04. The molecule has 30 heavy (non-hydrogen) atoms. The first-order chi connectivity index (χ1) is 14.6. The van der Waals surface area contributed by atoms with Gasteiger partial charge in [-0.05, 0) is 36.4 Å². The Balaban J connectivity index is 1.71. The number of halogens is 1. The van der Waals surface area contributed by atoms with E-state index in [1.807, 2.05) is 0 Å². The van der Waals surface area contributed by atoms with Crippen molar-refractivity contribution < 1.29 is 19.4 Å². The van der Waals surface area contributed by atoms with Crippen molar-refractivity contribution in [3.8, 4) is 0 Å². The second-order valence-electron chi connectivity index (χ2n) is 7.21. The molecule has 0 radical (unpaired) electrons. The number of amides is 1. The molecular weight excluding hydrogens is 406 g/mol. The predicted octanol–water partition coefficient (Wildman–Crippen LogP) is 2.49. The minimum atomic E-state index is -0.747. The second-order valence-corrected chi connectivity index (χ2v) is 7.64. The first-order valence-electron chi connectivity index (χ1n) is 9.81. The Morgan fingerprint density at radius 3 is 2.50 bits per heavy atom. The van der Waals surface area contributed by atoms with Crippen LogP contribution in [-0.2, 0) is 14.3 Å². The third-order valence-corrected chi connectivity index (χ3v) is 5.64. The third-order valence-electron chi connectivity index (χ3n) is 5.39. The lowest BCUT2D eigenvalue weighted by Gasteiger charge is -2.30. The molecule has 156 valence electrons. The molecule has 1 N–H and O–H groups in total. The van der Waals surface area contributed by atoms with E-state index in [1.54, 1.807) is 48.7 Å². The van der Waals surface area contributed by atoms with Gasteiger partial charge < -0.3 is 14.7 Å². The number of aromatic nitrogens is 1. The summed E-state index contributed by atoms with van der Waals surface area (Å²) in [6, 6.07) is 11.1. The molecule has 2 aliphatic rings. The van der Waals surface area contributed by atoms with E-state index in [4.69, 9.17) is 16.3 Å². The maximum Gasteiger partial charge on any atom is 0.295 e. The van der Waals surface area contributed by atoms with Gasteiger partial charge in [0.25, 0.3) is 11.7 Å². The number of rotatable bonds is 5. The number of pyridine rings is 1. The Bertz CT molecular complexity index is 956. The summed E-state index contributed by atoms with van der Waals surface area (Å²) in [4.78, 5) is 33.9. The highest BCUT2D eigenvalue weighted by atomic mass is 35.5. The number of nitrogens with zero attached hydrogens (tertiary/aromatic N) is 3. The lowest BCUT2D eigenvalue weighted by Crippen LogP contribution is -2.42. The van der Waals surface area contributed by atoms with Crippen LogP contribution in [0.5, 0.6) is 0 Å². The second kappa shape index (κ2) is 8.95. The van der Waals surface area contributed by atoms with E-state index in [1.165, 1.54) is 4.90 Å². The predicted molar refractivity (Wildman–Crippen MR) is 112 cm³/mol. The summed E-state index contributed by atoms with van der Waals surface area (Å²) in [7, 11) is 0. The van der Waals surface area contributed by atoms with Crippen molar-refractivity contribution >= 4 is 29.1 Å². The smallest absolute Gasteiger partial charge is 0.295 e. The van der Waals surface area contributed by atoms with Crippen LogP contribution in [-0.4, -0.2) is 71.0 Å². The van der Waals surface area contributed by atoms with Crippen molar-refractivity contribution in [3.05, 3.63) is 70.5 Å². The van der Waals surface area contributed by atoms with Crippen LogP contribution < -0.4 is 0 Å². The molecule has 0 spiro atoms. The largest absolute Gasteiger partial charge is 0.507 e. The zero-order valence-electron chi connectivity index (χ0n) is 16.3. The van der Waals surface area contributed by atoms with Gasteiger partial charge in [-0.15, -0.1) is 0 Å². The van der Waals surface area contributed by atoms with Gasteiger partial charge in [0.1, 0.15) is 11.8 Å². The van der Waals surface area contributed by atoms with Gasteiger partial charge in [-0.3, -0.25) is 19.5 Å². The van der Waals surface area contributed by atoms with Gasteiger partial charge in [-0.2, -0.15) is 0 Å². The first kappa shape index (κ1) is 20.5. The molecule has 2 aliphatic heterocycles. The van der Waals surface area contributed by atoms with Gasteiger partial charge in [0.05, 0.1) is 24.5 Å². The summed E-state index contributed by atoms with van der Waals surface area (Å²) >= 11 is 5.94. The molecule has 2 saturated heterocycles. The van der Waals surface area contributed by atoms with E-state index in [0.29, 0.717) is 42.6 Å². The van der Waals surface area contributed by atoms with Crippen molar-refractivity contribution in [2.24, 2.45) is 0 Å². The van der Waals surface area contributed by atoms with Crippen LogP contribution in [0.3, 0.4) is 0 Å². The number of aliphatic hydroxyl groups is 1. The Morgan fingerprint density at radius 2 is 1.83 bits per heavy atom. The molecule has 0 saturated carbocycles. The lowest BCUT2D eigenvalue weighted by molar-refractivity contribution is -0.140. The van der Waals surface area contributed by atoms with Crippen LogP contribution in [0, 0.1) is 0 Å². The van der Waals surface area contributed by atoms with Crippen molar-refractivity contribution in [1.29, 1.82) is 0 Å². The molecule has 0 bridgehead atoms. The van der Waals surface area contributed by atoms with Crippen molar-refractivity contribution in [2.45, 2.75) is 6.04 Å². The zero-order valence-corrected chi connectivity index (χ0v) is 17.1. The van der Waals surface area contributed by atoms with Crippen LogP contribution in [0.25, 0.3) is 5.76 Å². The third kappa shape index (κ3) is 4.09. The topological polar surface area (TPSA) is 83.0 Å². The molecule has 3 heterocycles. The summed E-state index contributed by atoms with van der Waals surface area (Å²) < 4.78 is 5.37. The van der Waals surface area contributed by atoms with Gasteiger partial charge >= 0.3 is 0 Å². The monoisotopic (exact) mass is 427 g/mol. The van der Waals surface area contributed by atoms with E-state index in [2.05, 4.69) is 9.88 Å². The van der Waals surface area contributed by atoms with Crippen LogP contribution in [0.2, 0.25) is 5.02 Å². The number of morpholine rings is 1. The van der Waals surface area contributed by atoms with Gasteiger partial charge in [0.2, 0.25) is 0 Å². The minimum Gasteiger partial charge on any atom is -0.507 e. The van der Waals surface area contributed by atoms with E-state index >= 15 is 0 Å². The Morgan fingerprint density at radius 1 is 1.10 bits per heavy atom. The number of benzene rings is 1. The summed E-state index contributed by atoms with van der Waals surface area (Å²) in [6.45, 7) is 3.83. The molecule has 0 unspecified atom stereocenters. The molecule has 1 aromatic heterocycles. The summed E-state index contributed by atoms with van der Waals surface area (Å²) in [5.41, 5.74) is 1.00. The zero-order chi connectivity index (χ0) is 21.1. The molecule has 2 fully saturated rings. The van der Waals surface area contributed by atoms with E-state index < -0.39 is 17.7 Å². The highest BCUT2D eigenvalue weighted by Gasteiger charge is 2.46. The number of Topliss-reactive ketones (excluding diaryl/α,β-unsaturated/α-hetero) is 1. The van der Waals surface area contributed by atoms with Crippen molar-refractivity contribution in [3.63, 3.8) is 0 Å². The molecule has 2 aromatic rings. The Kier molecular flexibility index (Phi) is 6.13. The highest BCUT2D eigenvalue weighted by molar-refractivity contribution is 6.46. The fourth-order valence-electron chi connectivity index (χ4n) is 3.79. The van der Waals surface area contributed by atoms with Crippen LogP contribution in [0.15, 0.2) is 54.2 Å². The quantitative estimate of drug-likeness (QED) is 0.448. The van der Waals surface area contributed by atoms with Crippen LogP contribution in [0.4, 0.5) is 0 Å². The van der Waals surface area contributed by atoms with Gasteiger partial charge in [0.15, 0.2) is 0 Å². The molecule has 4 rings (SSSR count). The standard InChI is InChI=1S/C22H22ClN3O4/c23-16-6-4-15(5-7-16)20(27)18-19(17-3-1-2-8-24-17)26(22(29)21(18)28)10-9-25-11-13-30-14-12-25/h1-8,19,27H,9-14H2/b20-18+/t19-/m1/s1. The number of ether oxygens (including phenoxy) is 1. The Hall–Kier alpha value is -2.74. The average molecular weight is 428 g/mol.